The first-order chi connectivity index (χ1) is 71.5. The van der Waals surface area contributed by atoms with Gasteiger partial charge >= 0.3 is 0 Å². The van der Waals surface area contributed by atoms with Gasteiger partial charge in [0, 0.05) is 169 Å². The fraction of sp³-hybridized carbons (Fsp3) is 0.0303. The standard InChI is InChI=1S/C132H86N10O2/c1-5-29-83(30-6-1)135-113-45-21-13-37-97(113)105-71-75-109-101-41-17-25-49-117(101)139(129(109)125(105)135)91-61-53-87(54-62-91)133(88-55-63-92(64-56-88)140-118-50-26-18-42-102(118)110-76-72-106-98-38-14-22-46-114(98)136(126(106)130(110)140)84-31-7-2-8-32-84)95-69-79-121-123(81-95)143-122-80-70-96(82-124(122)144-121)134(89-57-65-93(66-58-89)141-119-51-27-19-43-103(119)111-77-73-107-99-39-15-23-47-115(99)137(127(107)131(111)141)85-33-9-3-10-34-85)90-59-67-94(68-60-90)142-120-52-28-20-44-104(120)112-78-74-108-100-40-16-24-48-116(100)138(128(108)132(112)142)86-35-11-4-12-36-86/h1-82,105,107,125,127H. The predicted octanol–water partition coefficient (Wildman–Crippen LogP) is 34.8. The van der Waals surface area contributed by atoms with Gasteiger partial charge in [0.2, 0.25) is 0 Å². The Balaban J connectivity index is 0.548. The minimum atomic E-state index is -0.0218. The van der Waals surface area contributed by atoms with Crippen molar-refractivity contribution in [2.24, 2.45) is 0 Å². The molecule has 0 saturated carbocycles. The molecule has 0 saturated heterocycles. The molecule has 20 aromatic carbocycles. The third-order valence-corrected chi connectivity index (χ3v) is 31.1. The zero-order valence-electron chi connectivity index (χ0n) is 77.9. The van der Waals surface area contributed by atoms with Gasteiger partial charge in [-0.2, -0.15) is 0 Å². The summed E-state index contributed by atoms with van der Waals surface area (Å²) < 4.78 is 29.6. The Morgan fingerprint density at radius 2 is 0.438 bits per heavy atom. The molecular weight excluding hydrogens is 1760 g/mol. The van der Waals surface area contributed by atoms with E-state index in [9.17, 15) is 0 Å². The quantitative estimate of drug-likeness (QED) is 0.108. The first kappa shape index (κ1) is 80.0. The van der Waals surface area contributed by atoms with E-state index in [4.69, 9.17) is 9.47 Å². The van der Waals surface area contributed by atoms with Gasteiger partial charge in [0.25, 0.3) is 0 Å². The molecule has 0 spiro atoms. The molecule has 9 heterocycles. The monoisotopic (exact) mass is 1840 g/mol. The Labute approximate surface area is 828 Å². The second-order valence-corrected chi connectivity index (χ2v) is 38.5. The summed E-state index contributed by atoms with van der Waals surface area (Å²) in [6, 6.07) is 173. The first-order valence-electron chi connectivity index (χ1n) is 49.7. The fourth-order valence-electron chi connectivity index (χ4n) is 25.1. The highest BCUT2D eigenvalue weighted by Crippen LogP contribution is 2.61. The molecule has 144 heavy (non-hydrogen) atoms. The number of aromatic nitrogens is 6. The maximum Gasteiger partial charge on any atom is 0.172 e. The third kappa shape index (κ3) is 11.7. The summed E-state index contributed by atoms with van der Waals surface area (Å²) in [6.07, 6.45) is 9.64. The second-order valence-electron chi connectivity index (χ2n) is 38.5. The van der Waals surface area contributed by atoms with Crippen molar-refractivity contribution in [2.45, 2.75) is 23.9 Å². The molecule has 3 aliphatic heterocycles. The topological polar surface area (TPSA) is 61.0 Å². The Bertz CT molecular complexity index is 9310. The van der Waals surface area contributed by atoms with Crippen LogP contribution in [0.15, 0.2) is 485 Å². The lowest BCUT2D eigenvalue weighted by atomic mass is 9.86. The summed E-state index contributed by atoms with van der Waals surface area (Å²) in [4.78, 5) is 9.86. The molecule has 6 aromatic heterocycles. The number of fused-ring (bicyclic) bond motifs is 30. The molecule has 12 nitrogen and oxygen atoms in total. The van der Waals surface area contributed by atoms with E-state index in [0.717, 1.165) is 135 Å². The number of para-hydroxylation sites is 12. The highest BCUT2D eigenvalue weighted by molar-refractivity contribution is 6.26. The van der Waals surface area contributed by atoms with Crippen molar-refractivity contribution >= 4 is 178 Å². The lowest BCUT2D eigenvalue weighted by Crippen LogP contribution is -2.26. The average molecular weight is 1840 g/mol. The third-order valence-electron chi connectivity index (χ3n) is 31.1. The summed E-state index contributed by atoms with van der Waals surface area (Å²) in [5, 5.41) is 12.0. The van der Waals surface area contributed by atoms with Gasteiger partial charge in [-0.1, -0.05) is 267 Å². The van der Waals surface area contributed by atoms with Crippen LogP contribution in [0.3, 0.4) is 0 Å². The van der Waals surface area contributed by atoms with Crippen molar-refractivity contribution in [3.63, 3.8) is 0 Å². The molecule has 0 bridgehead atoms. The molecular formula is C132H86N10O2. The summed E-state index contributed by atoms with van der Waals surface area (Å²) in [5.74, 6) is 2.61. The number of hydrogen-bond acceptors (Lipinski definition) is 6. The molecule has 4 atom stereocenters. The van der Waals surface area contributed by atoms with E-state index in [1.165, 1.54) is 98.9 Å². The molecule has 12 heteroatoms. The van der Waals surface area contributed by atoms with Gasteiger partial charge in [-0.3, -0.25) is 0 Å². The Kier molecular flexibility index (Phi) is 17.3. The maximum absolute atomic E-state index is 7.33. The van der Waals surface area contributed by atoms with Crippen molar-refractivity contribution in [3.8, 4) is 57.1 Å². The average Bonchev–Trinajstić information content (AvgIpc) is 1.55. The van der Waals surface area contributed by atoms with Gasteiger partial charge < -0.3 is 56.5 Å². The zero-order valence-corrected chi connectivity index (χ0v) is 77.9. The smallest absolute Gasteiger partial charge is 0.172 e. The molecule has 0 fully saturated rings. The van der Waals surface area contributed by atoms with Crippen LogP contribution in [-0.2, 0) is 0 Å². The van der Waals surface area contributed by atoms with Crippen LogP contribution in [0.25, 0.3) is 155 Å². The predicted molar refractivity (Wildman–Crippen MR) is 592 cm³/mol. The van der Waals surface area contributed by atoms with Crippen molar-refractivity contribution in [1.29, 1.82) is 0 Å². The van der Waals surface area contributed by atoms with Crippen LogP contribution in [0.4, 0.5) is 56.9 Å². The molecule has 4 unspecified atom stereocenters. The summed E-state index contributed by atoms with van der Waals surface area (Å²) >= 11 is 0. The normalized spacial score (nSPS) is 15.2. The summed E-state index contributed by atoms with van der Waals surface area (Å²) in [6.45, 7) is 0. The van der Waals surface area contributed by atoms with E-state index in [1.807, 2.05) is 0 Å². The highest BCUT2D eigenvalue weighted by atomic mass is 16.6. The van der Waals surface area contributed by atoms with Crippen LogP contribution in [0, 0.1) is 0 Å². The van der Waals surface area contributed by atoms with Crippen molar-refractivity contribution in [3.05, 3.63) is 519 Å². The van der Waals surface area contributed by atoms with E-state index < -0.39 is 0 Å². The van der Waals surface area contributed by atoms with E-state index in [2.05, 4.69) is 544 Å². The van der Waals surface area contributed by atoms with Crippen molar-refractivity contribution in [1.82, 2.24) is 27.4 Å². The van der Waals surface area contributed by atoms with Gasteiger partial charge in [-0.05, 0) is 230 Å². The fourth-order valence-corrected chi connectivity index (χ4v) is 25.1. The van der Waals surface area contributed by atoms with Crippen LogP contribution < -0.4 is 29.1 Å². The molecule has 5 aliphatic rings. The number of anilines is 10. The Morgan fingerprint density at radius 3 is 0.757 bits per heavy atom. The van der Waals surface area contributed by atoms with E-state index >= 15 is 0 Å². The minimum Gasteiger partial charge on any atom is -0.449 e. The van der Waals surface area contributed by atoms with Crippen LogP contribution in [-0.4, -0.2) is 27.4 Å². The number of rotatable bonds is 14. The van der Waals surface area contributed by atoms with E-state index in [0.29, 0.717) is 23.0 Å². The molecule has 31 rings (SSSR count). The molecule has 0 radical (unpaired) electrons. The number of ether oxygens (including phenoxy) is 2. The van der Waals surface area contributed by atoms with Gasteiger partial charge in [-0.15, -0.1) is 0 Å². The number of benzene rings is 20. The molecule has 0 N–H and O–H groups in total. The SMILES string of the molecule is C1=CC2c3ccccc3N(c3ccccc3)C2c2c1c1ccccc1n2-c1ccc(N(c2ccc(-n3c4ccccc4c4ccc5c6ccccc6n(-c6ccccc6)c5c43)cc2)c2ccc3c(c2)Oc2ccc(N(c4ccc(-n5c6c(c7ccccc75)C=CC5c7ccccc7N(c7ccccc7)C65)cc4)c4ccc(-n5c6ccccc6c6ccc7c8ccccc8n(-c8ccccc8)c7c65)cc4)cc2O3)cc1. The zero-order chi connectivity index (χ0) is 94.0. The molecule has 26 aromatic rings. The highest BCUT2D eigenvalue weighted by Gasteiger charge is 2.47. The van der Waals surface area contributed by atoms with Crippen LogP contribution in [0.2, 0.25) is 0 Å². The van der Waals surface area contributed by atoms with Gasteiger partial charge in [-0.25, -0.2) is 0 Å². The van der Waals surface area contributed by atoms with Crippen LogP contribution >= 0.6 is 0 Å². The molecule has 0 amide bonds. The summed E-state index contributed by atoms with van der Waals surface area (Å²) in [7, 11) is 0. The summed E-state index contributed by atoms with van der Waals surface area (Å²) in [5.41, 5.74) is 36.0. The van der Waals surface area contributed by atoms with Gasteiger partial charge in [0.15, 0.2) is 23.0 Å². The number of hydrogen-bond donors (Lipinski definition) is 0. The van der Waals surface area contributed by atoms with E-state index in [1.54, 1.807) is 0 Å². The minimum absolute atomic E-state index is 0.0218. The Hall–Kier alpha value is -19.0. The van der Waals surface area contributed by atoms with Crippen molar-refractivity contribution in [2.75, 3.05) is 19.6 Å². The van der Waals surface area contributed by atoms with E-state index in [-0.39, 0.29) is 23.9 Å². The van der Waals surface area contributed by atoms with Gasteiger partial charge in [0.1, 0.15) is 0 Å². The first-order valence-corrected chi connectivity index (χ1v) is 49.7. The molecule has 2 aliphatic carbocycles. The largest absolute Gasteiger partial charge is 0.449 e. The van der Waals surface area contributed by atoms with Gasteiger partial charge in [0.05, 0.1) is 90.0 Å². The Morgan fingerprint density at radius 1 is 0.188 bits per heavy atom. The van der Waals surface area contributed by atoms with Crippen molar-refractivity contribution < 1.29 is 9.47 Å². The lowest BCUT2D eigenvalue weighted by molar-refractivity contribution is 0.360. The molecule has 676 valence electrons. The number of nitrogens with zero attached hydrogens (tertiary/aromatic N) is 10. The lowest BCUT2D eigenvalue weighted by Gasteiger charge is -2.33. The maximum atomic E-state index is 7.33. The van der Waals surface area contributed by atoms with Crippen LogP contribution in [0.5, 0.6) is 23.0 Å². The van der Waals surface area contributed by atoms with Crippen LogP contribution in [0.1, 0.15) is 57.6 Å². The second kappa shape index (κ2) is 31.2.